The van der Waals surface area contributed by atoms with Crippen LogP contribution in [-0.2, 0) is 0 Å². The fourth-order valence-corrected chi connectivity index (χ4v) is 2.98. The van der Waals surface area contributed by atoms with Crippen molar-refractivity contribution in [3.8, 4) is 11.5 Å². The van der Waals surface area contributed by atoms with Crippen LogP contribution in [0.5, 0.6) is 11.5 Å². The quantitative estimate of drug-likeness (QED) is 0.769. The maximum absolute atomic E-state index is 6.19. The minimum Gasteiger partial charge on any atom is -0.490 e. The molecule has 0 spiro atoms. The number of para-hydroxylation sites is 2. The summed E-state index contributed by atoms with van der Waals surface area (Å²) in [6, 6.07) is 13.5. The molecule has 122 valence electrons. The van der Waals surface area contributed by atoms with Gasteiger partial charge >= 0.3 is 0 Å². The van der Waals surface area contributed by atoms with Gasteiger partial charge in [-0.05, 0) is 44.0 Å². The fourth-order valence-electron chi connectivity index (χ4n) is 2.82. The Morgan fingerprint density at radius 3 is 2.78 bits per heavy atom. The van der Waals surface area contributed by atoms with Gasteiger partial charge in [0, 0.05) is 6.54 Å². The summed E-state index contributed by atoms with van der Waals surface area (Å²) in [6.45, 7) is 4.38. The number of hydrogen-bond donors (Lipinski definition) is 0. The maximum Gasteiger partial charge on any atom is 0.161 e. The third kappa shape index (κ3) is 4.08. The van der Waals surface area contributed by atoms with Crippen molar-refractivity contribution in [1.82, 2.24) is 4.98 Å². The number of aromatic nitrogens is 1. The molecule has 0 bridgehead atoms. The van der Waals surface area contributed by atoms with Crippen molar-refractivity contribution < 1.29 is 9.47 Å². The molecule has 4 nitrogen and oxygen atoms in total. The van der Waals surface area contributed by atoms with E-state index in [1.165, 1.54) is 0 Å². The van der Waals surface area contributed by atoms with Gasteiger partial charge < -0.3 is 14.4 Å². The van der Waals surface area contributed by atoms with E-state index < -0.39 is 0 Å². The Labute approximate surface area is 142 Å². The number of anilines is 1. The molecule has 0 saturated carbocycles. The van der Waals surface area contributed by atoms with E-state index in [2.05, 4.69) is 9.88 Å². The SMILES string of the molecule is CCOc1ccccc1OC1CCCN(c2cccc(Cl)n2)C1. The topological polar surface area (TPSA) is 34.6 Å². The summed E-state index contributed by atoms with van der Waals surface area (Å²) in [5.74, 6) is 2.51. The van der Waals surface area contributed by atoms with Gasteiger partial charge in [-0.3, -0.25) is 0 Å². The predicted molar refractivity (Wildman–Crippen MR) is 92.7 cm³/mol. The monoisotopic (exact) mass is 332 g/mol. The zero-order valence-electron chi connectivity index (χ0n) is 13.2. The molecular formula is C18H21ClN2O2. The van der Waals surface area contributed by atoms with E-state index in [4.69, 9.17) is 21.1 Å². The van der Waals surface area contributed by atoms with Crippen LogP contribution in [0, 0.1) is 0 Å². The van der Waals surface area contributed by atoms with Crippen molar-refractivity contribution in [2.45, 2.75) is 25.9 Å². The number of benzene rings is 1. The highest BCUT2D eigenvalue weighted by atomic mass is 35.5. The Kier molecular flexibility index (Phi) is 5.23. The maximum atomic E-state index is 6.19. The third-order valence-corrected chi connectivity index (χ3v) is 4.06. The summed E-state index contributed by atoms with van der Waals surface area (Å²) in [7, 11) is 0. The van der Waals surface area contributed by atoms with Gasteiger partial charge in [0.05, 0.1) is 13.2 Å². The first-order valence-electron chi connectivity index (χ1n) is 8.02. The van der Waals surface area contributed by atoms with Crippen molar-refractivity contribution >= 4 is 17.4 Å². The van der Waals surface area contributed by atoms with Gasteiger partial charge in [-0.15, -0.1) is 0 Å². The van der Waals surface area contributed by atoms with Gasteiger partial charge in [0.15, 0.2) is 11.5 Å². The highest BCUT2D eigenvalue weighted by Gasteiger charge is 2.23. The minimum atomic E-state index is 0.117. The number of rotatable bonds is 5. The lowest BCUT2D eigenvalue weighted by molar-refractivity contribution is 0.170. The largest absolute Gasteiger partial charge is 0.490 e. The lowest BCUT2D eigenvalue weighted by Crippen LogP contribution is -2.41. The first-order chi connectivity index (χ1) is 11.3. The summed E-state index contributed by atoms with van der Waals surface area (Å²) < 4.78 is 11.8. The van der Waals surface area contributed by atoms with Crippen LogP contribution >= 0.6 is 11.6 Å². The van der Waals surface area contributed by atoms with Crippen molar-refractivity contribution in [2.24, 2.45) is 0 Å². The highest BCUT2D eigenvalue weighted by molar-refractivity contribution is 6.29. The van der Waals surface area contributed by atoms with E-state index in [-0.39, 0.29) is 6.10 Å². The van der Waals surface area contributed by atoms with Gasteiger partial charge in [-0.1, -0.05) is 29.8 Å². The Bertz CT molecular complexity index is 650. The van der Waals surface area contributed by atoms with Crippen LogP contribution in [0.15, 0.2) is 42.5 Å². The van der Waals surface area contributed by atoms with Crippen LogP contribution in [0.3, 0.4) is 0 Å². The van der Waals surface area contributed by atoms with Crippen molar-refractivity contribution in [2.75, 3.05) is 24.6 Å². The molecule has 1 aliphatic heterocycles. The molecule has 0 aliphatic carbocycles. The first-order valence-corrected chi connectivity index (χ1v) is 8.40. The Balaban J connectivity index is 1.70. The molecule has 1 aromatic carbocycles. The number of ether oxygens (including phenoxy) is 2. The molecule has 0 amide bonds. The van der Waals surface area contributed by atoms with E-state index in [1.807, 2.05) is 43.3 Å². The van der Waals surface area contributed by atoms with Gasteiger partial charge in [-0.2, -0.15) is 0 Å². The Hall–Kier alpha value is -1.94. The second kappa shape index (κ2) is 7.55. The lowest BCUT2D eigenvalue weighted by atomic mass is 10.1. The number of hydrogen-bond acceptors (Lipinski definition) is 4. The van der Waals surface area contributed by atoms with E-state index in [1.54, 1.807) is 6.07 Å². The zero-order chi connectivity index (χ0) is 16.1. The summed E-state index contributed by atoms with van der Waals surface area (Å²) in [4.78, 5) is 6.62. The predicted octanol–water partition coefficient (Wildman–Crippen LogP) is 4.18. The number of piperidine rings is 1. The van der Waals surface area contributed by atoms with Crippen LogP contribution in [0.1, 0.15) is 19.8 Å². The molecule has 1 aromatic heterocycles. The van der Waals surface area contributed by atoms with Gasteiger partial charge in [0.2, 0.25) is 0 Å². The second-order valence-corrected chi connectivity index (χ2v) is 5.91. The van der Waals surface area contributed by atoms with Crippen molar-refractivity contribution in [3.05, 3.63) is 47.6 Å². The molecule has 1 atom stereocenters. The summed E-state index contributed by atoms with van der Waals surface area (Å²) in [6.07, 6.45) is 2.21. The summed E-state index contributed by atoms with van der Waals surface area (Å²) in [5, 5.41) is 0.521. The van der Waals surface area contributed by atoms with Gasteiger partial charge in [0.1, 0.15) is 17.1 Å². The number of nitrogens with zero attached hydrogens (tertiary/aromatic N) is 2. The number of pyridine rings is 1. The average Bonchev–Trinajstić information content (AvgIpc) is 2.57. The van der Waals surface area contributed by atoms with Crippen LogP contribution in [0.25, 0.3) is 0 Å². The molecule has 5 heteroatoms. The standard InChI is InChI=1S/C18H21ClN2O2/c1-2-22-15-8-3-4-9-16(15)23-14-7-6-12-21(13-14)18-11-5-10-17(19)20-18/h3-5,8-11,14H,2,6-7,12-13H2,1H3. The van der Waals surface area contributed by atoms with E-state index in [0.717, 1.165) is 43.2 Å². The second-order valence-electron chi connectivity index (χ2n) is 5.53. The molecule has 1 aliphatic rings. The molecule has 1 fully saturated rings. The molecular weight excluding hydrogens is 312 g/mol. The zero-order valence-corrected chi connectivity index (χ0v) is 14.0. The molecule has 2 heterocycles. The van der Waals surface area contributed by atoms with Crippen LogP contribution in [0.2, 0.25) is 5.15 Å². The van der Waals surface area contributed by atoms with Crippen molar-refractivity contribution in [3.63, 3.8) is 0 Å². The average molecular weight is 333 g/mol. The highest BCUT2D eigenvalue weighted by Crippen LogP contribution is 2.30. The molecule has 2 aromatic rings. The third-order valence-electron chi connectivity index (χ3n) is 3.85. The minimum absolute atomic E-state index is 0.117. The molecule has 0 radical (unpaired) electrons. The van der Waals surface area contributed by atoms with Gasteiger partial charge in [0.25, 0.3) is 0 Å². The summed E-state index contributed by atoms with van der Waals surface area (Å²) >= 11 is 6.00. The Morgan fingerprint density at radius 2 is 2.00 bits per heavy atom. The van der Waals surface area contributed by atoms with Gasteiger partial charge in [-0.25, -0.2) is 4.98 Å². The van der Waals surface area contributed by atoms with E-state index in [0.29, 0.717) is 11.8 Å². The van der Waals surface area contributed by atoms with E-state index in [9.17, 15) is 0 Å². The Morgan fingerprint density at radius 1 is 1.17 bits per heavy atom. The van der Waals surface area contributed by atoms with E-state index >= 15 is 0 Å². The lowest BCUT2D eigenvalue weighted by Gasteiger charge is -2.34. The van der Waals surface area contributed by atoms with Crippen LogP contribution < -0.4 is 14.4 Å². The molecule has 1 unspecified atom stereocenters. The summed E-state index contributed by atoms with van der Waals surface area (Å²) in [5.41, 5.74) is 0. The van der Waals surface area contributed by atoms with Crippen LogP contribution in [0.4, 0.5) is 5.82 Å². The normalized spacial score (nSPS) is 17.8. The molecule has 0 N–H and O–H groups in total. The van der Waals surface area contributed by atoms with Crippen LogP contribution in [-0.4, -0.2) is 30.8 Å². The smallest absolute Gasteiger partial charge is 0.161 e. The number of halogens is 1. The fraction of sp³-hybridized carbons (Fsp3) is 0.389. The molecule has 1 saturated heterocycles. The van der Waals surface area contributed by atoms with Crippen molar-refractivity contribution in [1.29, 1.82) is 0 Å². The molecule has 3 rings (SSSR count). The first kappa shape index (κ1) is 15.9. The molecule has 23 heavy (non-hydrogen) atoms.